The third-order valence-corrected chi connectivity index (χ3v) is 5.80. The molecule has 1 unspecified atom stereocenters. The maximum Gasteiger partial charge on any atom is 0.244 e. The lowest BCUT2D eigenvalue weighted by atomic mass is 9.88. The molecule has 4 heterocycles. The molecular weight excluding hydrogens is 304 g/mol. The molecule has 24 heavy (non-hydrogen) atoms. The van der Waals surface area contributed by atoms with Gasteiger partial charge < -0.3 is 9.64 Å². The van der Waals surface area contributed by atoms with Crippen molar-refractivity contribution in [3.05, 3.63) is 17.5 Å². The van der Waals surface area contributed by atoms with Crippen molar-refractivity contribution in [2.75, 3.05) is 32.8 Å². The fraction of sp³-hybridized carbons (Fsp3) is 0.778. The van der Waals surface area contributed by atoms with Gasteiger partial charge in [-0.05, 0) is 52.3 Å². The van der Waals surface area contributed by atoms with Crippen LogP contribution in [0.3, 0.4) is 0 Å². The molecule has 132 valence electrons. The van der Waals surface area contributed by atoms with E-state index in [1.54, 1.807) is 4.68 Å². The van der Waals surface area contributed by atoms with Gasteiger partial charge in [0.05, 0.1) is 25.4 Å². The van der Waals surface area contributed by atoms with Gasteiger partial charge in [-0.1, -0.05) is 6.42 Å². The molecule has 3 fully saturated rings. The number of nitrogens with zero attached hydrogens (tertiary/aromatic N) is 4. The van der Waals surface area contributed by atoms with Gasteiger partial charge in [0.1, 0.15) is 12.1 Å². The molecule has 0 aliphatic carbocycles. The van der Waals surface area contributed by atoms with E-state index in [1.165, 1.54) is 32.4 Å². The third kappa shape index (κ3) is 2.97. The van der Waals surface area contributed by atoms with Crippen molar-refractivity contribution in [2.24, 2.45) is 0 Å². The normalized spacial score (nSPS) is 26.8. The van der Waals surface area contributed by atoms with E-state index in [-0.39, 0.29) is 11.5 Å². The first kappa shape index (κ1) is 16.1. The van der Waals surface area contributed by atoms with Gasteiger partial charge in [-0.15, -0.1) is 0 Å². The molecule has 0 N–H and O–H groups in total. The fourth-order valence-corrected chi connectivity index (χ4v) is 4.45. The average Bonchev–Trinajstić information content (AvgIpc) is 3.11. The van der Waals surface area contributed by atoms with Gasteiger partial charge in [0, 0.05) is 11.7 Å². The molecule has 0 bridgehead atoms. The van der Waals surface area contributed by atoms with E-state index in [0.29, 0.717) is 12.6 Å². The van der Waals surface area contributed by atoms with Crippen LogP contribution in [0.4, 0.5) is 0 Å². The van der Waals surface area contributed by atoms with Gasteiger partial charge in [0.25, 0.3) is 0 Å². The predicted octanol–water partition coefficient (Wildman–Crippen LogP) is 1.36. The van der Waals surface area contributed by atoms with Crippen LogP contribution in [-0.4, -0.2) is 69.9 Å². The molecule has 3 aliphatic heterocycles. The Balaban J connectivity index is 1.29. The second kappa shape index (κ2) is 6.15. The zero-order valence-electron chi connectivity index (χ0n) is 14.8. The summed E-state index contributed by atoms with van der Waals surface area (Å²) in [6.07, 6.45) is 5.08. The van der Waals surface area contributed by atoms with Crippen LogP contribution in [0, 0.1) is 13.8 Å². The summed E-state index contributed by atoms with van der Waals surface area (Å²) in [7, 11) is 0. The van der Waals surface area contributed by atoms with E-state index >= 15 is 0 Å². The quantitative estimate of drug-likeness (QED) is 0.839. The highest BCUT2D eigenvalue weighted by molar-refractivity contribution is 5.77. The van der Waals surface area contributed by atoms with E-state index < -0.39 is 0 Å². The molecule has 3 saturated heterocycles. The number of hydrogen-bond donors (Lipinski definition) is 0. The lowest BCUT2D eigenvalue weighted by molar-refractivity contribution is -0.158. The van der Waals surface area contributed by atoms with Crippen LogP contribution < -0.4 is 0 Å². The number of ether oxygens (including phenoxy) is 1. The number of rotatable bonds is 3. The van der Waals surface area contributed by atoms with Crippen LogP contribution >= 0.6 is 0 Å². The highest BCUT2D eigenvalue weighted by Crippen LogP contribution is 2.37. The van der Waals surface area contributed by atoms with Crippen molar-refractivity contribution in [1.29, 1.82) is 0 Å². The number of hydrogen-bond acceptors (Lipinski definition) is 4. The Morgan fingerprint density at radius 3 is 2.71 bits per heavy atom. The molecule has 6 heteroatoms. The second-order valence-corrected chi connectivity index (χ2v) is 7.78. The molecule has 1 atom stereocenters. The van der Waals surface area contributed by atoms with Crippen molar-refractivity contribution in [1.82, 2.24) is 19.6 Å². The summed E-state index contributed by atoms with van der Waals surface area (Å²) in [5.41, 5.74) is 1.93. The molecule has 1 spiro atoms. The van der Waals surface area contributed by atoms with Crippen LogP contribution in [-0.2, 0) is 16.1 Å². The zero-order valence-corrected chi connectivity index (χ0v) is 14.8. The summed E-state index contributed by atoms with van der Waals surface area (Å²) in [6, 6.07) is 2.56. The van der Waals surface area contributed by atoms with Gasteiger partial charge in [-0.3, -0.25) is 14.4 Å². The third-order valence-electron chi connectivity index (χ3n) is 5.80. The van der Waals surface area contributed by atoms with Gasteiger partial charge in [0.15, 0.2) is 0 Å². The smallest absolute Gasteiger partial charge is 0.244 e. The van der Waals surface area contributed by atoms with Crippen molar-refractivity contribution >= 4 is 5.91 Å². The Morgan fingerprint density at radius 1 is 1.29 bits per heavy atom. The molecule has 4 rings (SSSR count). The highest BCUT2D eigenvalue weighted by Gasteiger charge is 2.52. The minimum Gasteiger partial charge on any atom is -0.370 e. The van der Waals surface area contributed by atoms with Gasteiger partial charge in [-0.2, -0.15) is 5.10 Å². The Labute approximate surface area is 143 Å². The average molecular weight is 332 g/mol. The molecule has 6 nitrogen and oxygen atoms in total. The zero-order chi connectivity index (χ0) is 16.7. The van der Waals surface area contributed by atoms with Crippen molar-refractivity contribution in [2.45, 2.75) is 57.7 Å². The van der Waals surface area contributed by atoms with Crippen molar-refractivity contribution in [3.8, 4) is 0 Å². The van der Waals surface area contributed by atoms with E-state index in [9.17, 15) is 4.79 Å². The second-order valence-electron chi connectivity index (χ2n) is 7.78. The van der Waals surface area contributed by atoms with Crippen molar-refractivity contribution in [3.63, 3.8) is 0 Å². The van der Waals surface area contributed by atoms with Crippen LogP contribution in [0.1, 0.15) is 37.1 Å². The van der Waals surface area contributed by atoms with Crippen molar-refractivity contribution < 1.29 is 9.53 Å². The molecule has 1 aromatic rings. The summed E-state index contributed by atoms with van der Waals surface area (Å²) in [5, 5.41) is 4.38. The Bertz CT molecular complexity index is 615. The molecule has 0 aromatic carbocycles. The summed E-state index contributed by atoms with van der Waals surface area (Å²) in [6.45, 7) is 9.04. The van der Waals surface area contributed by atoms with Gasteiger partial charge >= 0.3 is 0 Å². The number of aromatic nitrogens is 2. The number of likely N-dealkylation sites (tertiary alicyclic amines) is 2. The number of carbonyl (C=O) groups excluding carboxylic acids is 1. The molecule has 3 aliphatic rings. The molecule has 0 saturated carbocycles. The van der Waals surface area contributed by atoms with Gasteiger partial charge in [-0.25, -0.2) is 0 Å². The standard InChI is InChI=1S/C18H28N4O2/c1-14-8-15(2)22(19-14)10-17(23)21-12-18(13-21)9-16(11-24-18)20-6-4-3-5-7-20/h8,16H,3-7,9-13H2,1-2H3. The van der Waals surface area contributed by atoms with Crippen LogP contribution in [0.25, 0.3) is 0 Å². The van der Waals surface area contributed by atoms with E-state index in [1.807, 2.05) is 24.8 Å². The number of aryl methyl sites for hydroxylation is 2. The number of carbonyl (C=O) groups is 1. The Morgan fingerprint density at radius 2 is 2.04 bits per heavy atom. The first-order valence-corrected chi connectivity index (χ1v) is 9.22. The largest absolute Gasteiger partial charge is 0.370 e. The maximum atomic E-state index is 12.5. The summed E-state index contributed by atoms with van der Waals surface area (Å²) in [4.78, 5) is 17.0. The maximum absolute atomic E-state index is 12.5. The van der Waals surface area contributed by atoms with Gasteiger partial charge in [0.2, 0.25) is 5.91 Å². The SMILES string of the molecule is Cc1cc(C)n(CC(=O)N2CC3(CC(N4CCCCC4)CO3)C2)n1. The predicted molar refractivity (Wildman–Crippen MR) is 90.8 cm³/mol. The molecule has 0 radical (unpaired) electrons. The summed E-state index contributed by atoms with van der Waals surface area (Å²) >= 11 is 0. The first-order chi connectivity index (χ1) is 11.5. The summed E-state index contributed by atoms with van der Waals surface area (Å²) in [5.74, 6) is 0.150. The first-order valence-electron chi connectivity index (χ1n) is 9.22. The van der Waals surface area contributed by atoms with Crippen LogP contribution in [0.2, 0.25) is 0 Å². The Kier molecular flexibility index (Phi) is 4.12. The highest BCUT2D eigenvalue weighted by atomic mass is 16.5. The number of piperidine rings is 1. The Hall–Kier alpha value is -1.40. The van der Waals surface area contributed by atoms with E-state index in [0.717, 1.165) is 37.5 Å². The molecule has 1 aromatic heterocycles. The fourth-order valence-electron chi connectivity index (χ4n) is 4.45. The molecular formula is C18H28N4O2. The molecule has 1 amide bonds. The lowest BCUT2D eigenvalue weighted by Gasteiger charge is -2.47. The minimum absolute atomic E-state index is 0.0765. The topological polar surface area (TPSA) is 50.6 Å². The number of amides is 1. The monoisotopic (exact) mass is 332 g/mol. The van der Waals surface area contributed by atoms with Crippen LogP contribution in [0.15, 0.2) is 6.07 Å². The van der Waals surface area contributed by atoms with E-state index in [2.05, 4.69) is 10.00 Å². The summed E-state index contributed by atoms with van der Waals surface area (Å²) < 4.78 is 7.94. The lowest BCUT2D eigenvalue weighted by Crippen LogP contribution is -2.64. The minimum atomic E-state index is -0.0765. The van der Waals surface area contributed by atoms with Crippen LogP contribution in [0.5, 0.6) is 0 Å². The van der Waals surface area contributed by atoms with E-state index in [4.69, 9.17) is 4.74 Å².